The molecule has 3 rings (SSSR count). The second-order valence-corrected chi connectivity index (χ2v) is 6.44. The number of aliphatic hydroxyl groups excluding tert-OH is 1. The lowest BCUT2D eigenvalue weighted by molar-refractivity contribution is -0.121. The highest BCUT2D eigenvalue weighted by atomic mass is 16.5. The molecule has 3 heterocycles. The summed E-state index contributed by atoms with van der Waals surface area (Å²) in [7, 11) is 0. The Kier molecular flexibility index (Phi) is 5.59. The van der Waals surface area contributed by atoms with Gasteiger partial charge in [0.25, 0.3) is 0 Å². The van der Waals surface area contributed by atoms with Gasteiger partial charge in [-0.25, -0.2) is 0 Å². The topological polar surface area (TPSA) is 74.7 Å². The van der Waals surface area contributed by atoms with Crippen molar-refractivity contribution in [3.8, 4) is 0 Å². The van der Waals surface area contributed by atoms with Crippen molar-refractivity contribution in [2.24, 2.45) is 0 Å². The van der Waals surface area contributed by atoms with E-state index in [0.717, 1.165) is 31.5 Å². The van der Waals surface area contributed by atoms with Gasteiger partial charge in [-0.1, -0.05) is 6.07 Å². The minimum atomic E-state index is 0.103. The molecular formula is C17H25N3O3. The summed E-state index contributed by atoms with van der Waals surface area (Å²) in [5.74, 6) is 0.103. The summed E-state index contributed by atoms with van der Waals surface area (Å²) in [4.78, 5) is 18.6. The van der Waals surface area contributed by atoms with Crippen LogP contribution in [0.5, 0.6) is 0 Å². The molecule has 0 spiro atoms. The Morgan fingerprint density at radius 3 is 3.17 bits per heavy atom. The van der Waals surface area contributed by atoms with E-state index in [1.807, 2.05) is 18.3 Å². The van der Waals surface area contributed by atoms with Gasteiger partial charge in [-0.2, -0.15) is 0 Å². The van der Waals surface area contributed by atoms with Gasteiger partial charge in [0.05, 0.1) is 12.7 Å². The fraction of sp³-hybridized carbons (Fsp3) is 0.647. The number of amides is 1. The standard InChI is InChI=1S/C17H25N3O3/c21-7-5-16-11-20-10-14(8-15(20)12-23-16)19-17(22)4-3-13-2-1-6-18-9-13/h1-2,6,9,14-16,21H,3-5,7-8,10-12H2,(H,19,22)/t14-,15+,16+/m1/s1. The average Bonchev–Trinajstić information content (AvgIpc) is 2.95. The van der Waals surface area contributed by atoms with E-state index in [9.17, 15) is 4.79 Å². The number of pyridine rings is 1. The maximum atomic E-state index is 12.1. The molecule has 0 aromatic carbocycles. The van der Waals surface area contributed by atoms with Crippen molar-refractivity contribution in [3.05, 3.63) is 30.1 Å². The first-order valence-electron chi connectivity index (χ1n) is 8.39. The molecule has 2 fully saturated rings. The quantitative estimate of drug-likeness (QED) is 0.792. The third-order valence-corrected chi connectivity index (χ3v) is 4.67. The highest BCUT2D eigenvalue weighted by molar-refractivity contribution is 5.76. The summed E-state index contributed by atoms with van der Waals surface area (Å²) >= 11 is 0. The Morgan fingerprint density at radius 2 is 2.39 bits per heavy atom. The highest BCUT2D eigenvalue weighted by Gasteiger charge is 2.37. The molecule has 3 atom stereocenters. The van der Waals surface area contributed by atoms with Gasteiger partial charge >= 0.3 is 0 Å². The van der Waals surface area contributed by atoms with Crippen molar-refractivity contribution in [1.29, 1.82) is 0 Å². The highest BCUT2D eigenvalue weighted by Crippen LogP contribution is 2.24. The van der Waals surface area contributed by atoms with Crippen LogP contribution in [0.15, 0.2) is 24.5 Å². The number of aliphatic hydroxyl groups is 1. The van der Waals surface area contributed by atoms with Gasteiger partial charge < -0.3 is 15.2 Å². The van der Waals surface area contributed by atoms with Crippen LogP contribution in [0.3, 0.4) is 0 Å². The lowest BCUT2D eigenvalue weighted by Crippen LogP contribution is -2.46. The Balaban J connectivity index is 1.42. The molecule has 0 unspecified atom stereocenters. The van der Waals surface area contributed by atoms with Crippen LogP contribution in [0.1, 0.15) is 24.8 Å². The van der Waals surface area contributed by atoms with Gasteiger partial charge in [-0.15, -0.1) is 0 Å². The summed E-state index contributed by atoms with van der Waals surface area (Å²) in [6.45, 7) is 2.60. The lowest BCUT2D eigenvalue weighted by Gasteiger charge is -2.34. The normalized spacial score (nSPS) is 27.6. The third kappa shape index (κ3) is 4.50. The predicted molar refractivity (Wildman–Crippen MR) is 85.9 cm³/mol. The van der Waals surface area contributed by atoms with Gasteiger partial charge in [-0.05, 0) is 30.9 Å². The van der Waals surface area contributed by atoms with E-state index >= 15 is 0 Å². The summed E-state index contributed by atoms with van der Waals surface area (Å²) < 4.78 is 5.77. The second kappa shape index (κ2) is 7.86. The number of carbonyl (C=O) groups excluding carboxylic acids is 1. The van der Waals surface area contributed by atoms with E-state index in [0.29, 0.717) is 25.5 Å². The van der Waals surface area contributed by atoms with E-state index < -0.39 is 0 Å². The van der Waals surface area contributed by atoms with Crippen LogP contribution in [0.2, 0.25) is 0 Å². The second-order valence-electron chi connectivity index (χ2n) is 6.44. The van der Waals surface area contributed by atoms with Gasteiger partial charge in [0.15, 0.2) is 0 Å². The van der Waals surface area contributed by atoms with Crippen LogP contribution >= 0.6 is 0 Å². The van der Waals surface area contributed by atoms with Crippen LogP contribution in [-0.2, 0) is 16.0 Å². The summed E-state index contributed by atoms with van der Waals surface area (Å²) in [6.07, 6.45) is 6.52. The van der Waals surface area contributed by atoms with Crippen LogP contribution < -0.4 is 5.32 Å². The number of fused-ring (bicyclic) bond motifs is 1. The molecule has 0 bridgehead atoms. The number of nitrogens with one attached hydrogen (secondary N) is 1. The molecule has 2 saturated heterocycles. The fourth-order valence-corrected chi connectivity index (χ4v) is 3.47. The number of carbonyl (C=O) groups is 1. The first kappa shape index (κ1) is 16.4. The number of hydrogen-bond acceptors (Lipinski definition) is 5. The largest absolute Gasteiger partial charge is 0.396 e. The molecule has 1 aromatic heterocycles. The van der Waals surface area contributed by atoms with Crippen LogP contribution in [0.25, 0.3) is 0 Å². The smallest absolute Gasteiger partial charge is 0.220 e. The Labute approximate surface area is 136 Å². The molecule has 0 saturated carbocycles. The molecule has 2 N–H and O–H groups in total. The van der Waals surface area contributed by atoms with Gasteiger partial charge in [-0.3, -0.25) is 14.7 Å². The fourth-order valence-electron chi connectivity index (χ4n) is 3.47. The number of aromatic nitrogens is 1. The van der Waals surface area contributed by atoms with Crippen molar-refractivity contribution in [3.63, 3.8) is 0 Å². The van der Waals surface area contributed by atoms with E-state index in [2.05, 4.69) is 15.2 Å². The number of hydrogen-bond donors (Lipinski definition) is 2. The van der Waals surface area contributed by atoms with Crippen LogP contribution in [0, 0.1) is 0 Å². The molecular weight excluding hydrogens is 294 g/mol. The molecule has 6 heteroatoms. The third-order valence-electron chi connectivity index (χ3n) is 4.67. The van der Waals surface area contributed by atoms with Crippen LogP contribution in [0.4, 0.5) is 0 Å². The Bertz CT molecular complexity index is 511. The number of nitrogens with zero attached hydrogens (tertiary/aromatic N) is 2. The number of morpholine rings is 1. The van der Waals surface area contributed by atoms with Crippen molar-refractivity contribution in [2.45, 2.75) is 43.9 Å². The van der Waals surface area contributed by atoms with Crippen LogP contribution in [-0.4, -0.2) is 65.4 Å². The molecule has 0 aliphatic carbocycles. The SMILES string of the molecule is O=C(CCc1cccnc1)N[C@@H]1C[C@H]2CO[C@@H](CCO)CN2C1. The molecule has 2 aliphatic rings. The molecule has 23 heavy (non-hydrogen) atoms. The van der Waals surface area contributed by atoms with Crippen molar-refractivity contribution < 1.29 is 14.6 Å². The molecule has 2 aliphatic heterocycles. The van der Waals surface area contributed by atoms with Crippen molar-refractivity contribution in [2.75, 3.05) is 26.3 Å². The predicted octanol–water partition coefficient (Wildman–Crippen LogP) is 0.355. The number of aryl methyl sites for hydroxylation is 1. The molecule has 6 nitrogen and oxygen atoms in total. The lowest BCUT2D eigenvalue weighted by atomic mass is 10.1. The first-order chi connectivity index (χ1) is 11.2. The zero-order valence-corrected chi connectivity index (χ0v) is 13.4. The van der Waals surface area contributed by atoms with Gasteiger partial charge in [0.2, 0.25) is 5.91 Å². The Hall–Kier alpha value is -1.50. The van der Waals surface area contributed by atoms with Gasteiger partial charge in [0, 0.05) is 50.6 Å². The minimum absolute atomic E-state index is 0.103. The maximum absolute atomic E-state index is 12.1. The summed E-state index contributed by atoms with van der Waals surface area (Å²) in [5.41, 5.74) is 1.09. The summed E-state index contributed by atoms with van der Waals surface area (Å²) in [6, 6.07) is 4.49. The van der Waals surface area contributed by atoms with Crippen molar-refractivity contribution in [1.82, 2.24) is 15.2 Å². The summed E-state index contributed by atoms with van der Waals surface area (Å²) in [5, 5.41) is 12.2. The van der Waals surface area contributed by atoms with E-state index in [1.54, 1.807) is 6.20 Å². The average molecular weight is 319 g/mol. The molecule has 1 amide bonds. The zero-order chi connectivity index (χ0) is 16.1. The number of rotatable bonds is 6. The van der Waals surface area contributed by atoms with Crippen molar-refractivity contribution >= 4 is 5.91 Å². The zero-order valence-electron chi connectivity index (χ0n) is 13.4. The van der Waals surface area contributed by atoms with E-state index in [1.165, 1.54) is 0 Å². The molecule has 0 radical (unpaired) electrons. The first-order valence-corrected chi connectivity index (χ1v) is 8.39. The van der Waals surface area contributed by atoms with E-state index in [4.69, 9.17) is 9.84 Å². The molecule has 1 aromatic rings. The minimum Gasteiger partial charge on any atom is -0.396 e. The van der Waals surface area contributed by atoms with Gasteiger partial charge in [0.1, 0.15) is 0 Å². The Morgan fingerprint density at radius 1 is 1.48 bits per heavy atom. The monoisotopic (exact) mass is 319 g/mol. The number of ether oxygens (including phenoxy) is 1. The maximum Gasteiger partial charge on any atom is 0.220 e. The van der Waals surface area contributed by atoms with E-state index in [-0.39, 0.29) is 24.7 Å². The molecule has 126 valence electrons.